The second-order valence-electron chi connectivity index (χ2n) is 5.64. The average molecular weight is 309 g/mol. The van der Waals surface area contributed by atoms with Gasteiger partial charge in [0.25, 0.3) is 0 Å². The predicted octanol–water partition coefficient (Wildman–Crippen LogP) is 1.40. The molecule has 0 N–H and O–H groups in total. The molecule has 2 saturated heterocycles. The molecular weight excluding hydrogens is 287 g/mol. The van der Waals surface area contributed by atoms with Crippen molar-refractivity contribution in [3.63, 3.8) is 0 Å². The van der Waals surface area contributed by atoms with E-state index in [1.165, 1.54) is 0 Å². The zero-order valence-electron chi connectivity index (χ0n) is 12.2. The molecule has 122 valence electrons. The quantitative estimate of drug-likeness (QED) is 0.720. The van der Waals surface area contributed by atoms with Gasteiger partial charge in [0.1, 0.15) is 6.61 Å². The van der Waals surface area contributed by atoms with Crippen molar-refractivity contribution in [1.29, 1.82) is 0 Å². The first-order valence-electron chi connectivity index (χ1n) is 7.25. The Bertz CT molecular complexity index is 357. The Morgan fingerprint density at radius 2 is 1.86 bits per heavy atom. The van der Waals surface area contributed by atoms with Crippen LogP contribution < -0.4 is 0 Å². The van der Waals surface area contributed by atoms with Gasteiger partial charge >= 0.3 is 12.2 Å². The number of piperidine rings is 1. The molecule has 0 saturated carbocycles. The summed E-state index contributed by atoms with van der Waals surface area (Å²) in [5, 5.41) is 0. The van der Waals surface area contributed by atoms with E-state index >= 15 is 0 Å². The van der Waals surface area contributed by atoms with Crippen molar-refractivity contribution in [3.8, 4) is 0 Å². The molecule has 21 heavy (non-hydrogen) atoms. The number of carbonyl (C=O) groups excluding carboxylic acids is 1. The van der Waals surface area contributed by atoms with Crippen molar-refractivity contribution in [2.75, 3.05) is 53.0 Å². The Morgan fingerprint density at radius 1 is 1.19 bits per heavy atom. The maximum Gasteiger partial charge on any atom is 0.411 e. The minimum absolute atomic E-state index is 0.0851. The summed E-state index contributed by atoms with van der Waals surface area (Å²) >= 11 is 0. The Labute approximate surface area is 122 Å². The number of carbonyl (C=O) groups is 1. The molecule has 0 radical (unpaired) electrons. The van der Waals surface area contributed by atoms with Crippen LogP contribution in [0.15, 0.2) is 0 Å². The van der Waals surface area contributed by atoms with E-state index in [0.717, 1.165) is 39.0 Å². The second kappa shape index (κ2) is 6.83. The highest BCUT2D eigenvalue weighted by atomic mass is 19.4. The van der Waals surface area contributed by atoms with Crippen molar-refractivity contribution >= 4 is 6.03 Å². The predicted molar refractivity (Wildman–Crippen MR) is 71.1 cm³/mol. The van der Waals surface area contributed by atoms with Crippen LogP contribution in [-0.2, 0) is 4.74 Å². The fourth-order valence-electron chi connectivity index (χ4n) is 2.84. The molecule has 0 aliphatic carbocycles. The third-order valence-electron chi connectivity index (χ3n) is 4.06. The van der Waals surface area contributed by atoms with E-state index in [0.29, 0.717) is 6.54 Å². The third-order valence-corrected chi connectivity index (χ3v) is 4.06. The molecule has 0 atom stereocenters. The monoisotopic (exact) mass is 309 g/mol. The van der Waals surface area contributed by atoms with Gasteiger partial charge in [0.15, 0.2) is 0 Å². The lowest BCUT2D eigenvalue weighted by Crippen LogP contribution is -2.46. The maximum absolute atomic E-state index is 11.9. The van der Waals surface area contributed by atoms with Gasteiger partial charge in [-0.2, -0.15) is 13.2 Å². The highest BCUT2D eigenvalue weighted by molar-refractivity contribution is 5.76. The van der Waals surface area contributed by atoms with Crippen molar-refractivity contribution in [1.82, 2.24) is 14.7 Å². The standard InChI is InChI=1S/C13H22F3N3O2/c1-17-6-7-19(12(17)20)11-2-4-18(5-3-11)8-9-21-10-13(14,15)16/h11H,2-10H2,1H3. The molecule has 2 heterocycles. The van der Waals surface area contributed by atoms with Gasteiger partial charge in [-0.3, -0.25) is 0 Å². The van der Waals surface area contributed by atoms with Crippen LogP contribution in [0, 0.1) is 0 Å². The summed E-state index contributed by atoms with van der Waals surface area (Å²) in [4.78, 5) is 17.6. The Hall–Kier alpha value is -1.02. The number of halogens is 3. The summed E-state index contributed by atoms with van der Waals surface area (Å²) in [6.07, 6.45) is -2.51. The fourth-order valence-corrected chi connectivity index (χ4v) is 2.84. The summed E-state index contributed by atoms with van der Waals surface area (Å²) in [5.74, 6) is 0. The Kier molecular flexibility index (Phi) is 5.32. The number of likely N-dealkylation sites (tertiary alicyclic amines) is 1. The van der Waals surface area contributed by atoms with E-state index in [4.69, 9.17) is 0 Å². The van der Waals surface area contributed by atoms with Crippen LogP contribution in [0.4, 0.5) is 18.0 Å². The molecular formula is C13H22F3N3O2. The minimum atomic E-state index is -4.25. The zero-order chi connectivity index (χ0) is 15.5. The van der Waals surface area contributed by atoms with Gasteiger partial charge in [-0.15, -0.1) is 0 Å². The first-order valence-corrected chi connectivity index (χ1v) is 7.25. The van der Waals surface area contributed by atoms with Crippen LogP contribution in [0.5, 0.6) is 0 Å². The Morgan fingerprint density at radius 3 is 2.38 bits per heavy atom. The Balaban J connectivity index is 1.63. The lowest BCUT2D eigenvalue weighted by Gasteiger charge is -2.36. The van der Waals surface area contributed by atoms with E-state index in [2.05, 4.69) is 9.64 Å². The van der Waals surface area contributed by atoms with Crippen LogP contribution in [0.25, 0.3) is 0 Å². The van der Waals surface area contributed by atoms with Gasteiger partial charge in [-0.1, -0.05) is 0 Å². The van der Waals surface area contributed by atoms with Crippen molar-refractivity contribution in [2.45, 2.75) is 25.1 Å². The van der Waals surface area contributed by atoms with Gasteiger partial charge in [-0.05, 0) is 12.8 Å². The number of hydrogen-bond acceptors (Lipinski definition) is 3. The van der Waals surface area contributed by atoms with Gasteiger partial charge in [0, 0.05) is 45.8 Å². The van der Waals surface area contributed by atoms with Crippen LogP contribution >= 0.6 is 0 Å². The molecule has 8 heteroatoms. The molecule has 5 nitrogen and oxygen atoms in total. The van der Waals surface area contributed by atoms with E-state index in [9.17, 15) is 18.0 Å². The number of hydrogen-bond donors (Lipinski definition) is 0. The van der Waals surface area contributed by atoms with E-state index in [1.54, 1.807) is 11.9 Å². The lowest BCUT2D eigenvalue weighted by atomic mass is 10.0. The van der Waals surface area contributed by atoms with Crippen LogP contribution in [0.1, 0.15) is 12.8 Å². The second-order valence-corrected chi connectivity index (χ2v) is 5.64. The fraction of sp³-hybridized carbons (Fsp3) is 0.923. The van der Waals surface area contributed by atoms with Crippen LogP contribution in [0.2, 0.25) is 0 Å². The summed E-state index contributed by atoms with van der Waals surface area (Å²) < 4.78 is 40.4. The molecule has 2 fully saturated rings. The molecule has 0 bridgehead atoms. The summed E-state index contributed by atoms with van der Waals surface area (Å²) in [6.45, 7) is 2.56. The topological polar surface area (TPSA) is 36.0 Å². The number of alkyl halides is 3. The molecule has 2 aliphatic rings. The maximum atomic E-state index is 11.9. The molecule has 0 aromatic carbocycles. The van der Waals surface area contributed by atoms with Crippen molar-refractivity contribution in [2.24, 2.45) is 0 Å². The van der Waals surface area contributed by atoms with Crippen LogP contribution in [-0.4, -0.2) is 85.9 Å². The SMILES string of the molecule is CN1CCN(C2CCN(CCOCC(F)(F)F)CC2)C1=O. The smallest absolute Gasteiger partial charge is 0.371 e. The summed E-state index contributed by atoms with van der Waals surface area (Å²) in [7, 11) is 1.80. The number of likely N-dealkylation sites (N-methyl/N-ethyl adjacent to an activating group) is 1. The molecule has 2 rings (SSSR count). The summed E-state index contributed by atoms with van der Waals surface area (Å²) in [5.41, 5.74) is 0. The molecule has 0 unspecified atom stereocenters. The number of nitrogens with zero attached hydrogens (tertiary/aromatic N) is 3. The average Bonchev–Trinajstić information content (AvgIpc) is 2.75. The molecule has 0 aromatic heterocycles. The molecule has 2 amide bonds. The normalized spacial score (nSPS) is 22.4. The number of rotatable bonds is 5. The van der Waals surface area contributed by atoms with Gasteiger partial charge < -0.3 is 19.4 Å². The van der Waals surface area contributed by atoms with E-state index in [-0.39, 0.29) is 18.7 Å². The van der Waals surface area contributed by atoms with Gasteiger partial charge in [-0.25, -0.2) is 4.79 Å². The van der Waals surface area contributed by atoms with Gasteiger partial charge in [0.05, 0.1) is 6.61 Å². The molecule has 2 aliphatic heterocycles. The van der Waals surface area contributed by atoms with Crippen LogP contribution in [0.3, 0.4) is 0 Å². The third kappa shape index (κ3) is 4.74. The van der Waals surface area contributed by atoms with Crippen molar-refractivity contribution < 1.29 is 22.7 Å². The largest absolute Gasteiger partial charge is 0.411 e. The number of amides is 2. The van der Waals surface area contributed by atoms with Crippen molar-refractivity contribution in [3.05, 3.63) is 0 Å². The van der Waals surface area contributed by atoms with Gasteiger partial charge in [0.2, 0.25) is 0 Å². The highest BCUT2D eigenvalue weighted by Crippen LogP contribution is 2.20. The molecule has 0 spiro atoms. The minimum Gasteiger partial charge on any atom is -0.371 e. The molecule has 0 aromatic rings. The zero-order valence-corrected chi connectivity index (χ0v) is 12.2. The summed E-state index contributed by atoms with van der Waals surface area (Å²) in [6, 6.07) is 0.344. The highest BCUT2D eigenvalue weighted by Gasteiger charge is 2.33. The van der Waals surface area contributed by atoms with E-state index in [1.807, 2.05) is 4.90 Å². The lowest BCUT2D eigenvalue weighted by molar-refractivity contribution is -0.174. The first kappa shape index (κ1) is 16.4. The number of urea groups is 1. The van der Waals surface area contributed by atoms with E-state index < -0.39 is 12.8 Å². The first-order chi connectivity index (χ1) is 9.87. The number of ether oxygens (including phenoxy) is 1.